The van der Waals surface area contributed by atoms with Crippen LogP contribution in [0.25, 0.3) is 11.4 Å². The standard InChI is InChI=1S/C20H26N4O4S/c25-19(21-16-7-3-1-2-4-8-16)20-22-18(23-28-20)15-9-11-17(12-10-15)29(26,27)24-13-5-6-14-24/h9-12,16H,1-8,13-14H2,(H,21,25). The molecule has 1 aliphatic carbocycles. The number of aromatic nitrogens is 2. The van der Waals surface area contributed by atoms with Gasteiger partial charge in [0.2, 0.25) is 15.8 Å². The normalized spacial score (nSPS) is 19.2. The number of carbonyl (C=O) groups is 1. The van der Waals surface area contributed by atoms with Crippen molar-refractivity contribution in [1.82, 2.24) is 19.8 Å². The largest absolute Gasteiger partial charge is 0.345 e. The van der Waals surface area contributed by atoms with Gasteiger partial charge in [-0.15, -0.1) is 0 Å². The molecule has 0 radical (unpaired) electrons. The van der Waals surface area contributed by atoms with Gasteiger partial charge >= 0.3 is 11.8 Å². The average molecular weight is 419 g/mol. The van der Waals surface area contributed by atoms with E-state index in [1.54, 1.807) is 24.3 Å². The second kappa shape index (κ2) is 8.62. The Bertz CT molecular complexity index is 941. The van der Waals surface area contributed by atoms with Crippen LogP contribution in [0.3, 0.4) is 0 Å². The number of carbonyl (C=O) groups excluding carboxylic acids is 1. The Balaban J connectivity index is 1.44. The van der Waals surface area contributed by atoms with Crippen LogP contribution in [0.5, 0.6) is 0 Å². The van der Waals surface area contributed by atoms with Crippen molar-refractivity contribution in [3.8, 4) is 11.4 Å². The van der Waals surface area contributed by atoms with E-state index in [0.29, 0.717) is 18.7 Å². The number of sulfonamides is 1. The molecule has 29 heavy (non-hydrogen) atoms. The first-order valence-electron chi connectivity index (χ1n) is 10.3. The molecular formula is C20H26N4O4S. The van der Waals surface area contributed by atoms with Crippen LogP contribution in [0.4, 0.5) is 0 Å². The van der Waals surface area contributed by atoms with Gasteiger partial charge in [0.05, 0.1) is 4.90 Å². The van der Waals surface area contributed by atoms with Crippen LogP contribution in [0, 0.1) is 0 Å². The van der Waals surface area contributed by atoms with Crippen molar-refractivity contribution in [2.24, 2.45) is 0 Å². The summed E-state index contributed by atoms with van der Waals surface area (Å²) < 4.78 is 31.9. The summed E-state index contributed by atoms with van der Waals surface area (Å²) in [6, 6.07) is 6.52. The lowest BCUT2D eigenvalue weighted by Crippen LogP contribution is -2.34. The summed E-state index contributed by atoms with van der Waals surface area (Å²) in [6.07, 6.45) is 8.39. The minimum Gasteiger partial charge on any atom is -0.345 e. The van der Waals surface area contributed by atoms with Gasteiger partial charge in [0, 0.05) is 24.7 Å². The highest BCUT2D eigenvalue weighted by atomic mass is 32.2. The molecule has 0 unspecified atom stereocenters. The predicted molar refractivity (Wildman–Crippen MR) is 107 cm³/mol. The summed E-state index contributed by atoms with van der Waals surface area (Å²) >= 11 is 0. The Morgan fingerprint density at radius 1 is 1.00 bits per heavy atom. The van der Waals surface area contributed by atoms with E-state index >= 15 is 0 Å². The van der Waals surface area contributed by atoms with E-state index in [4.69, 9.17) is 4.52 Å². The van der Waals surface area contributed by atoms with Gasteiger partial charge in [-0.25, -0.2) is 8.42 Å². The molecule has 1 aromatic carbocycles. The Kier molecular flexibility index (Phi) is 5.96. The quantitative estimate of drug-likeness (QED) is 0.749. The molecule has 2 heterocycles. The SMILES string of the molecule is O=C(NC1CCCCCC1)c1nc(-c2ccc(S(=O)(=O)N3CCCC3)cc2)no1. The number of amides is 1. The molecule has 2 fully saturated rings. The fourth-order valence-electron chi connectivity index (χ4n) is 3.96. The minimum absolute atomic E-state index is 0.0713. The summed E-state index contributed by atoms with van der Waals surface area (Å²) in [4.78, 5) is 16.8. The van der Waals surface area contributed by atoms with Gasteiger partial charge in [-0.3, -0.25) is 4.79 Å². The van der Waals surface area contributed by atoms with Gasteiger partial charge in [-0.2, -0.15) is 9.29 Å². The minimum atomic E-state index is -3.46. The van der Waals surface area contributed by atoms with Crippen LogP contribution in [-0.4, -0.2) is 47.9 Å². The molecule has 9 heteroatoms. The average Bonchev–Trinajstić information content (AvgIpc) is 3.38. The van der Waals surface area contributed by atoms with Crippen molar-refractivity contribution in [1.29, 1.82) is 0 Å². The lowest BCUT2D eigenvalue weighted by molar-refractivity contribution is 0.0889. The van der Waals surface area contributed by atoms with E-state index < -0.39 is 10.0 Å². The molecule has 0 spiro atoms. The second-order valence-corrected chi connectivity index (χ2v) is 9.66. The summed E-state index contributed by atoms with van der Waals surface area (Å²) in [5, 5.41) is 6.86. The summed E-state index contributed by atoms with van der Waals surface area (Å²) in [6.45, 7) is 1.13. The highest BCUT2D eigenvalue weighted by Gasteiger charge is 2.27. The summed E-state index contributed by atoms with van der Waals surface area (Å²) in [5.74, 6) is -0.164. The van der Waals surface area contributed by atoms with Gasteiger partial charge in [0.25, 0.3) is 0 Å². The molecule has 1 saturated carbocycles. The highest BCUT2D eigenvalue weighted by Crippen LogP contribution is 2.24. The molecule has 0 atom stereocenters. The van der Waals surface area contributed by atoms with E-state index in [1.807, 2.05) is 0 Å². The van der Waals surface area contributed by atoms with Crippen molar-refractivity contribution < 1.29 is 17.7 Å². The van der Waals surface area contributed by atoms with Gasteiger partial charge < -0.3 is 9.84 Å². The molecule has 1 aliphatic heterocycles. The molecule has 0 bridgehead atoms. The molecule has 2 aliphatic rings. The molecule has 1 saturated heterocycles. The number of rotatable bonds is 5. The molecule has 1 N–H and O–H groups in total. The third kappa shape index (κ3) is 4.51. The number of nitrogens with one attached hydrogen (secondary N) is 1. The Hall–Kier alpha value is -2.26. The van der Waals surface area contributed by atoms with E-state index in [0.717, 1.165) is 38.5 Å². The van der Waals surface area contributed by atoms with Crippen LogP contribution in [0.2, 0.25) is 0 Å². The van der Waals surface area contributed by atoms with Crippen molar-refractivity contribution in [2.75, 3.05) is 13.1 Å². The smallest absolute Gasteiger partial charge is 0.316 e. The van der Waals surface area contributed by atoms with Gasteiger partial charge in [-0.1, -0.05) is 30.8 Å². The molecule has 8 nitrogen and oxygen atoms in total. The Morgan fingerprint density at radius 3 is 2.31 bits per heavy atom. The number of nitrogens with zero attached hydrogens (tertiary/aromatic N) is 3. The zero-order valence-corrected chi connectivity index (χ0v) is 17.2. The fraction of sp³-hybridized carbons (Fsp3) is 0.550. The Morgan fingerprint density at radius 2 is 1.66 bits per heavy atom. The first-order chi connectivity index (χ1) is 14.0. The van der Waals surface area contributed by atoms with Crippen molar-refractivity contribution >= 4 is 15.9 Å². The summed E-state index contributed by atoms with van der Waals surface area (Å²) in [5.41, 5.74) is 0.600. The number of benzene rings is 1. The van der Waals surface area contributed by atoms with Crippen LogP contribution in [-0.2, 0) is 10.0 Å². The third-order valence-corrected chi connectivity index (χ3v) is 7.54. The van der Waals surface area contributed by atoms with Crippen molar-refractivity contribution in [3.63, 3.8) is 0 Å². The maximum atomic E-state index is 12.6. The van der Waals surface area contributed by atoms with Crippen molar-refractivity contribution in [2.45, 2.75) is 62.3 Å². The van der Waals surface area contributed by atoms with Crippen LogP contribution in [0.1, 0.15) is 62.1 Å². The molecule has 2 aromatic rings. The van der Waals surface area contributed by atoms with Gasteiger partial charge in [-0.05, 0) is 49.9 Å². The van der Waals surface area contributed by atoms with E-state index in [1.165, 1.54) is 17.1 Å². The molecule has 1 amide bonds. The molecule has 1 aromatic heterocycles. The molecule has 156 valence electrons. The van der Waals surface area contributed by atoms with E-state index in [2.05, 4.69) is 15.5 Å². The number of hydrogen-bond donors (Lipinski definition) is 1. The molecular weight excluding hydrogens is 392 g/mol. The maximum Gasteiger partial charge on any atom is 0.316 e. The second-order valence-electron chi connectivity index (χ2n) is 7.72. The van der Waals surface area contributed by atoms with Gasteiger partial charge in [0.1, 0.15) is 0 Å². The monoisotopic (exact) mass is 418 g/mol. The van der Waals surface area contributed by atoms with Crippen LogP contribution >= 0.6 is 0 Å². The lowest BCUT2D eigenvalue weighted by Gasteiger charge is -2.15. The summed E-state index contributed by atoms with van der Waals surface area (Å²) in [7, 11) is -3.46. The van der Waals surface area contributed by atoms with Crippen LogP contribution in [0.15, 0.2) is 33.7 Å². The topological polar surface area (TPSA) is 105 Å². The predicted octanol–water partition coefficient (Wildman–Crippen LogP) is 2.97. The molecule has 4 rings (SSSR count). The lowest BCUT2D eigenvalue weighted by atomic mass is 10.1. The number of hydrogen-bond acceptors (Lipinski definition) is 6. The fourth-order valence-corrected chi connectivity index (χ4v) is 5.47. The first kappa shape index (κ1) is 20.0. The Labute approximate surface area is 170 Å². The van der Waals surface area contributed by atoms with Gasteiger partial charge in [0.15, 0.2) is 0 Å². The zero-order chi connectivity index (χ0) is 20.3. The van der Waals surface area contributed by atoms with Crippen LogP contribution < -0.4 is 5.32 Å². The van der Waals surface area contributed by atoms with E-state index in [-0.39, 0.29) is 28.6 Å². The van der Waals surface area contributed by atoms with Crippen molar-refractivity contribution in [3.05, 3.63) is 30.2 Å². The zero-order valence-electron chi connectivity index (χ0n) is 16.3. The highest BCUT2D eigenvalue weighted by molar-refractivity contribution is 7.89. The first-order valence-corrected chi connectivity index (χ1v) is 11.7. The third-order valence-electron chi connectivity index (χ3n) is 5.63. The maximum absolute atomic E-state index is 12.6. The van der Waals surface area contributed by atoms with E-state index in [9.17, 15) is 13.2 Å².